The van der Waals surface area contributed by atoms with Crippen LogP contribution in [0.1, 0.15) is 36.6 Å². The van der Waals surface area contributed by atoms with E-state index in [0.717, 1.165) is 13.0 Å². The highest BCUT2D eigenvalue weighted by Crippen LogP contribution is 2.32. The summed E-state index contributed by atoms with van der Waals surface area (Å²) >= 11 is 0. The molecule has 4 nitrogen and oxygen atoms in total. The summed E-state index contributed by atoms with van der Waals surface area (Å²) < 4.78 is 18.4. The monoisotopic (exact) mass is 275 g/mol. The Labute approximate surface area is 117 Å². The van der Waals surface area contributed by atoms with Crippen molar-refractivity contribution in [3.63, 3.8) is 0 Å². The van der Waals surface area contributed by atoms with Crippen LogP contribution < -0.4 is 0 Å². The molecular formula is C15H18FN3O. The summed E-state index contributed by atoms with van der Waals surface area (Å²) in [4.78, 5) is 2.33. The van der Waals surface area contributed by atoms with Crippen molar-refractivity contribution < 1.29 is 8.81 Å². The zero-order chi connectivity index (χ0) is 14.1. The van der Waals surface area contributed by atoms with Crippen molar-refractivity contribution in [3.05, 3.63) is 47.4 Å². The fourth-order valence-corrected chi connectivity index (χ4v) is 2.87. The second-order valence-electron chi connectivity index (χ2n) is 5.48. The number of hydrogen-bond donors (Lipinski definition) is 0. The second kappa shape index (κ2) is 5.32. The van der Waals surface area contributed by atoms with Gasteiger partial charge >= 0.3 is 0 Å². The van der Waals surface area contributed by atoms with Crippen LogP contribution in [0.15, 0.2) is 28.7 Å². The molecule has 1 saturated heterocycles. The lowest BCUT2D eigenvalue weighted by atomic mass is 9.97. The molecule has 1 aliphatic heterocycles. The van der Waals surface area contributed by atoms with Crippen molar-refractivity contribution in [2.45, 2.75) is 38.8 Å². The topological polar surface area (TPSA) is 42.2 Å². The highest BCUT2D eigenvalue weighted by molar-refractivity contribution is 5.22. The largest absolute Gasteiger partial charge is 0.424 e. The van der Waals surface area contributed by atoms with Gasteiger partial charge in [0.05, 0.1) is 6.54 Å². The van der Waals surface area contributed by atoms with Crippen molar-refractivity contribution in [3.8, 4) is 0 Å². The van der Waals surface area contributed by atoms with Crippen molar-refractivity contribution >= 4 is 0 Å². The third-order valence-electron chi connectivity index (χ3n) is 3.95. The summed E-state index contributed by atoms with van der Waals surface area (Å²) in [5.41, 5.74) is 1.20. The maximum Gasteiger partial charge on any atom is 0.230 e. The van der Waals surface area contributed by atoms with Crippen LogP contribution in [-0.4, -0.2) is 27.7 Å². The van der Waals surface area contributed by atoms with Crippen LogP contribution in [0.4, 0.5) is 4.39 Å². The number of halogens is 1. The number of hydrogen-bond acceptors (Lipinski definition) is 4. The van der Waals surface area contributed by atoms with E-state index in [1.54, 1.807) is 6.92 Å². The average molecular weight is 275 g/mol. The van der Waals surface area contributed by atoms with E-state index in [4.69, 9.17) is 4.42 Å². The van der Waals surface area contributed by atoms with E-state index in [1.807, 2.05) is 12.1 Å². The van der Waals surface area contributed by atoms with Gasteiger partial charge < -0.3 is 4.42 Å². The number of nitrogens with zero attached hydrogens (tertiary/aromatic N) is 3. The Bertz CT molecular complexity index is 581. The number of likely N-dealkylation sites (tertiary alicyclic amines) is 1. The van der Waals surface area contributed by atoms with Gasteiger partial charge in [-0.2, -0.15) is 0 Å². The third-order valence-corrected chi connectivity index (χ3v) is 3.95. The van der Waals surface area contributed by atoms with E-state index < -0.39 is 0 Å². The molecule has 5 heteroatoms. The zero-order valence-corrected chi connectivity index (χ0v) is 11.7. The number of benzene rings is 1. The summed E-state index contributed by atoms with van der Waals surface area (Å²) in [7, 11) is 0. The summed E-state index contributed by atoms with van der Waals surface area (Å²) in [6, 6.07) is 7.28. The van der Waals surface area contributed by atoms with Crippen LogP contribution in [0, 0.1) is 12.7 Å². The lowest BCUT2D eigenvalue weighted by molar-refractivity contribution is 0.231. The Morgan fingerprint density at radius 2 is 2.05 bits per heavy atom. The summed E-state index contributed by atoms with van der Waals surface area (Å²) in [6.07, 6.45) is 1.07. The Morgan fingerprint density at radius 3 is 2.70 bits per heavy atom. The summed E-state index contributed by atoms with van der Waals surface area (Å²) in [5, 5.41) is 7.90. The van der Waals surface area contributed by atoms with Crippen LogP contribution >= 0.6 is 0 Å². The standard InChI is InChI=1S/C15H18FN3O/c1-10-7-13(12-3-5-14(16)6-4-12)8-19(10)9-15-18-17-11(2)20-15/h3-6,10,13H,7-9H2,1-2H3. The molecule has 106 valence electrons. The predicted molar refractivity (Wildman–Crippen MR) is 72.7 cm³/mol. The molecule has 3 rings (SSSR count). The zero-order valence-electron chi connectivity index (χ0n) is 11.7. The van der Waals surface area contributed by atoms with Gasteiger partial charge in [-0.15, -0.1) is 10.2 Å². The number of rotatable bonds is 3. The van der Waals surface area contributed by atoms with Crippen LogP contribution in [0.2, 0.25) is 0 Å². The first-order valence-corrected chi connectivity index (χ1v) is 6.90. The van der Waals surface area contributed by atoms with Crippen molar-refractivity contribution in [1.29, 1.82) is 0 Å². The van der Waals surface area contributed by atoms with Gasteiger partial charge in [-0.1, -0.05) is 12.1 Å². The Morgan fingerprint density at radius 1 is 1.30 bits per heavy atom. The summed E-state index contributed by atoms with van der Waals surface area (Å²) in [6.45, 7) is 5.62. The second-order valence-corrected chi connectivity index (χ2v) is 5.48. The van der Waals surface area contributed by atoms with Crippen molar-refractivity contribution in [2.75, 3.05) is 6.54 Å². The van der Waals surface area contributed by atoms with Crippen LogP contribution in [-0.2, 0) is 6.54 Å². The normalized spacial score (nSPS) is 23.4. The van der Waals surface area contributed by atoms with Gasteiger partial charge in [0.15, 0.2) is 0 Å². The van der Waals surface area contributed by atoms with E-state index in [-0.39, 0.29) is 5.82 Å². The van der Waals surface area contributed by atoms with Crippen LogP contribution in [0.3, 0.4) is 0 Å². The molecular weight excluding hydrogens is 257 g/mol. The molecule has 0 N–H and O–H groups in total. The maximum atomic E-state index is 13.0. The van der Waals surface area contributed by atoms with E-state index >= 15 is 0 Å². The van der Waals surface area contributed by atoms with Gasteiger partial charge in [-0.3, -0.25) is 4.90 Å². The van der Waals surface area contributed by atoms with Crippen LogP contribution in [0.5, 0.6) is 0 Å². The molecule has 1 aromatic heterocycles. The SMILES string of the molecule is Cc1nnc(CN2CC(c3ccc(F)cc3)CC2C)o1. The van der Waals surface area contributed by atoms with Crippen molar-refractivity contribution in [1.82, 2.24) is 15.1 Å². The molecule has 0 aliphatic carbocycles. The maximum absolute atomic E-state index is 13.0. The Hall–Kier alpha value is -1.75. The lowest BCUT2D eigenvalue weighted by Gasteiger charge is -2.18. The molecule has 0 spiro atoms. The molecule has 0 bridgehead atoms. The highest BCUT2D eigenvalue weighted by atomic mass is 19.1. The molecule has 0 saturated carbocycles. The third kappa shape index (κ3) is 2.72. The van der Waals surface area contributed by atoms with Gasteiger partial charge in [-0.05, 0) is 37.0 Å². The smallest absolute Gasteiger partial charge is 0.230 e. The minimum atomic E-state index is -0.182. The van der Waals surface area contributed by atoms with Gasteiger partial charge in [0, 0.05) is 19.5 Å². The van der Waals surface area contributed by atoms with E-state index in [0.29, 0.717) is 30.3 Å². The fourth-order valence-electron chi connectivity index (χ4n) is 2.87. The van der Waals surface area contributed by atoms with Gasteiger partial charge in [-0.25, -0.2) is 4.39 Å². The Kier molecular flexibility index (Phi) is 3.53. The number of aromatic nitrogens is 2. The summed E-state index contributed by atoms with van der Waals surface area (Å²) in [5.74, 6) is 1.52. The minimum Gasteiger partial charge on any atom is -0.424 e. The van der Waals surface area contributed by atoms with Gasteiger partial charge in [0.2, 0.25) is 11.8 Å². The molecule has 0 radical (unpaired) electrons. The predicted octanol–water partition coefficient (Wildman–Crippen LogP) is 2.90. The molecule has 0 amide bonds. The van der Waals surface area contributed by atoms with E-state index in [2.05, 4.69) is 22.0 Å². The number of aryl methyl sites for hydroxylation is 1. The molecule has 2 heterocycles. The van der Waals surface area contributed by atoms with Gasteiger partial charge in [0.25, 0.3) is 0 Å². The Balaban J connectivity index is 1.68. The molecule has 2 atom stereocenters. The molecule has 2 aromatic rings. The first-order chi connectivity index (χ1) is 9.61. The first-order valence-electron chi connectivity index (χ1n) is 6.90. The lowest BCUT2D eigenvalue weighted by Crippen LogP contribution is -2.26. The molecule has 2 unspecified atom stereocenters. The fraction of sp³-hybridized carbons (Fsp3) is 0.467. The highest BCUT2D eigenvalue weighted by Gasteiger charge is 2.30. The van der Waals surface area contributed by atoms with E-state index in [9.17, 15) is 4.39 Å². The molecule has 1 aliphatic rings. The quantitative estimate of drug-likeness (QED) is 0.863. The molecule has 1 aromatic carbocycles. The molecule has 1 fully saturated rings. The minimum absolute atomic E-state index is 0.182. The van der Waals surface area contributed by atoms with Crippen LogP contribution in [0.25, 0.3) is 0 Å². The van der Waals surface area contributed by atoms with Gasteiger partial charge in [0.1, 0.15) is 5.82 Å². The van der Waals surface area contributed by atoms with E-state index in [1.165, 1.54) is 17.7 Å². The average Bonchev–Trinajstić information content (AvgIpc) is 2.98. The molecule has 20 heavy (non-hydrogen) atoms. The van der Waals surface area contributed by atoms with Crippen molar-refractivity contribution in [2.24, 2.45) is 0 Å². The first kappa shape index (κ1) is 13.2.